The Morgan fingerprint density at radius 2 is 2.10 bits per heavy atom. The van der Waals surface area contributed by atoms with Crippen molar-refractivity contribution in [3.8, 4) is 11.8 Å². The van der Waals surface area contributed by atoms with Crippen molar-refractivity contribution < 1.29 is 9.53 Å². The number of nitriles is 1. The Morgan fingerprint density at radius 1 is 1.43 bits per heavy atom. The van der Waals surface area contributed by atoms with Crippen molar-refractivity contribution in [2.24, 2.45) is 0 Å². The molecule has 0 spiro atoms. The van der Waals surface area contributed by atoms with Gasteiger partial charge in [-0.25, -0.2) is 9.48 Å². The average molecular weight is 284 g/mol. The van der Waals surface area contributed by atoms with Gasteiger partial charge in [-0.05, 0) is 31.5 Å². The van der Waals surface area contributed by atoms with E-state index in [2.05, 4.69) is 11.2 Å². The van der Waals surface area contributed by atoms with Crippen molar-refractivity contribution in [1.29, 1.82) is 5.26 Å². The summed E-state index contributed by atoms with van der Waals surface area (Å²) < 4.78 is 6.46. The Morgan fingerprint density at radius 3 is 2.67 bits per heavy atom. The molecule has 0 aliphatic carbocycles. The molecule has 0 unspecified atom stereocenters. The number of benzene rings is 1. The van der Waals surface area contributed by atoms with Crippen LogP contribution in [0.3, 0.4) is 0 Å². The zero-order valence-corrected chi connectivity index (χ0v) is 12.0. The van der Waals surface area contributed by atoms with Gasteiger partial charge in [0.15, 0.2) is 5.69 Å². The molecule has 0 aliphatic heterocycles. The first kappa shape index (κ1) is 14.6. The normalized spacial score (nSPS) is 10.1. The number of carbonyl (C=O) groups excluding carboxylic acids is 1. The Hall–Kier alpha value is -2.81. The van der Waals surface area contributed by atoms with E-state index in [1.807, 2.05) is 24.3 Å². The lowest BCUT2D eigenvalue weighted by Crippen LogP contribution is -2.07. The summed E-state index contributed by atoms with van der Waals surface area (Å²) >= 11 is 0. The molecule has 21 heavy (non-hydrogen) atoms. The van der Waals surface area contributed by atoms with Crippen molar-refractivity contribution in [3.05, 3.63) is 41.1 Å². The molecule has 2 N–H and O–H groups in total. The summed E-state index contributed by atoms with van der Waals surface area (Å²) in [6.45, 7) is 3.75. The number of carbonyl (C=O) groups is 1. The van der Waals surface area contributed by atoms with Gasteiger partial charge in [-0.15, -0.1) is 0 Å². The second-order valence-electron chi connectivity index (χ2n) is 4.49. The van der Waals surface area contributed by atoms with Crippen molar-refractivity contribution in [2.45, 2.75) is 20.3 Å². The topological polar surface area (TPSA) is 93.9 Å². The number of hydrogen-bond acceptors (Lipinski definition) is 5. The lowest BCUT2D eigenvalue weighted by atomic mass is 10.1. The molecule has 108 valence electrons. The minimum absolute atomic E-state index is 0.218. The Balaban J connectivity index is 2.38. The van der Waals surface area contributed by atoms with Crippen LogP contribution in [0.5, 0.6) is 0 Å². The summed E-state index contributed by atoms with van der Waals surface area (Å²) in [5, 5.41) is 12.9. The second kappa shape index (κ2) is 6.09. The molecule has 0 bridgehead atoms. The standard InChI is InChI=1S/C15H16N4O2/c1-3-21-15(20)13-10(2)14(17)19(18-13)12-6-4-11(5-7-12)8-9-16/h4-7H,3,8,17H2,1-2H3. The number of nitrogen functional groups attached to an aromatic ring is 1. The summed E-state index contributed by atoms with van der Waals surface area (Å²) in [5.74, 6) is -0.0902. The highest BCUT2D eigenvalue weighted by Gasteiger charge is 2.20. The molecule has 0 aliphatic rings. The van der Waals surface area contributed by atoms with Crippen molar-refractivity contribution in [1.82, 2.24) is 9.78 Å². The van der Waals surface area contributed by atoms with Crippen molar-refractivity contribution in [2.75, 3.05) is 12.3 Å². The van der Waals surface area contributed by atoms with Gasteiger partial charge in [0.1, 0.15) is 5.82 Å². The van der Waals surface area contributed by atoms with Crippen LogP contribution in [0.2, 0.25) is 0 Å². The van der Waals surface area contributed by atoms with E-state index in [9.17, 15) is 4.79 Å². The fourth-order valence-corrected chi connectivity index (χ4v) is 1.95. The van der Waals surface area contributed by atoms with Gasteiger partial charge in [-0.1, -0.05) is 12.1 Å². The highest BCUT2D eigenvalue weighted by Crippen LogP contribution is 2.21. The average Bonchev–Trinajstić information content (AvgIpc) is 2.77. The van der Waals surface area contributed by atoms with Gasteiger partial charge in [0.25, 0.3) is 0 Å². The molecule has 1 aromatic carbocycles. The summed E-state index contributed by atoms with van der Waals surface area (Å²) in [5.41, 5.74) is 8.46. The number of nitrogens with zero attached hydrogens (tertiary/aromatic N) is 3. The van der Waals surface area contributed by atoms with Crippen LogP contribution < -0.4 is 5.73 Å². The molecule has 0 fully saturated rings. The predicted molar refractivity (Wildman–Crippen MR) is 78.0 cm³/mol. The molecule has 0 saturated heterocycles. The second-order valence-corrected chi connectivity index (χ2v) is 4.49. The molecular formula is C15H16N4O2. The van der Waals surface area contributed by atoms with Crippen LogP contribution in [0.15, 0.2) is 24.3 Å². The van der Waals surface area contributed by atoms with E-state index in [4.69, 9.17) is 15.7 Å². The molecule has 1 aromatic heterocycles. The van der Waals surface area contributed by atoms with E-state index in [0.717, 1.165) is 11.3 Å². The SMILES string of the molecule is CCOC(=O)c1nn(-c2ccc(CC#N)cc2)c(N)c1C. The maximum Gasteiger partial charge on any atom is 0.359 e. The lowest BCUT2D eigenvalue weighted by molar-refractivity contribution is 0.0518. The first-order valence-electron chi connectivity index (χ1n) is 6.57. The van der Waals surface area contributed by atoms with E-state index in [0.29, 0.717) is 17.8 Å². The Kier molecular flexibility index (Phi) is 4.24. The van der Waals surface area contributed by atoms with Crippen LogP contribution in [0.1, 0.15) is 28.5 Å². The van der Waals surface area contributed by atoms with Gasteiger partial charge < -0.3 is 10.5 Å². The zero-order valence-electron chi connectivity index (χ0n) is 12.0. The van der Waals surface area contributed by atoms with E-state index >= 15 is 0 Å². The molecule has 6 heteroatoms. The molecule has 2 rings (SSSR count). The van der Waals surface area contributed by atoms with E-state index in [-0.39, 0.29) is 12.3 Å². The molecule has 0 radical (unpaired) electrons. The third kappa shape index (κ3) is 2.87. The first-order chi connectivity index (χ1) is 10.1. The van der Waals surface area contributed by atoms with E-state index in [1.54, 1.807) is 13.8 Å². The molecule has 6 nitrogen and oxygen atoms in total. The largest absolute Gasteiger partial charge is 0.461 e. The monoisotopic (exact) mass is 284 g/mol. The zero-order chi connectivity index (χ0) is 15.4. The highest BCUT2D eigenvalue weighted by molar-refractivity contribution is 5.90. The van der Waals surface area contributed by atoms with Crippen LogP contribution in [-0.2, 0) is 11.2 Å². The molecule has 2 aromatic rings. The predicted octanol–water partition coefficient (Wildman–Crippen LogP) is 2.01. The minimum atomic E-state index is -0.485. The number of hydrogen-bond donors (Lipinski definition) is 1. The van der Waals surface area contributed by atoms with Crippen molar-refractivity contribution in [3.63, 3.8) is 0 Å². The van der Waals surface area contributed by atoms with Gasteiger partial charge in [-0.3, -0.25) is 0 Å². The number of rotatable bonds is 4. The highest BCUT2D eigenvalue weighted by atomic mass is 16.5. The maximum absolute atomic E-state index is 11.8. The van der Waals surface area contributed by atoms with Gasteiger partial charge in [0.05, 0.1) is 24.8 Å². The number of nitrogens with two attached hydrogens (primary N) is 1. The lowest BCUT2D eigenvalue weighted by Gasteiger charge is -2.04. The van der Waals surface area contributed by atoms with E-state index in [1.165, 1.54) is 4.68 Å². The number of esters is 1. The molecule has 1 heterocycles. The van der Waals surface area contributed by atoms with Crippen LogP contribution >= 0.6 is 0 Å². The Bertz CT molecular complexity index is 696. The van der Waals surface area contributed by atoms with Crippen LogP contribution in [0, 0.1) is 18.3 Å². The van der Waals surface area contributed by atoms with Crippen molar-refractivity contribution >= 4 is 11.8 Å². The molecule has 0 saturated carbocycles. The van der Waals surface area contributed by atoms with Crippen LogP contribution in [-0.4, -0.2) is 22.4 Å². The summed E-state index contributed by atoms with van der Waals surface area (Å²) in [6, 6.07) is 9.37. The number of ether oxygens (including phenoxy) is 1. The van der Waals surface area contributed by atoms with E-state index < -0.39 is 5.97 Å². The summed E-state index contributed by atoms with van der Waals surface area (Å²) in [4.78, 5) is 11.8. The Labute approximate surface area is 122 Å². The number of anilines is 1. The molecule has 0 atom stereocenters. The van der Waals surface area contributed by atoms with Gasteiger partial charge in [-0.2, -0.15) is 10.4 Å². The smallest absolute Gasteiger partial charge is 0.359 e. The maximum atomic E-state index is 11.8. The minimum Gasteiger partial charge on any atom is -0.461 e. The first-order valence-corrected chi connectivity index (χ1v) is 6.57. The molecular weight excluding hydrogens is 268 g/mol. The molecule has 0 amide bonds. The third-order valence-corrected chi connectivity index (χ3v) is 3.10. The fourth-order valence-electron chi connectivity index (χ4n) is 1.95. The van der Waals surface area contributed by atoms with Gasteiger partial charge in [0.2, 0.25) is 0 Å². The summed E-state index contributed by atoms with van der Waals surface area (Å²) in [6.07, 6.45) is 0.349. The van der Waals surface area contributed by atoms with Gasteiger partial charge in [0, 0.05) is 5.56 Å². The summed E-state index contributed by atoms with van der Waals surface area (Å²) in [7, 11) is 0. The van der Waals surface area contributed by atoms with Crippen LogP contribution in [0.25, 0.3) is 5.69 Å². The number of aromatic nitrogens is 2. The van der Waals surface area contributed by atoms with Gasteiger partial charge >= 0.3 is 5.97 Å². The third-order valence-electron chi connectivity index (χ3n) is 3.10. The quantitative estimate of drug-likeness (QED) is 0.867. The fraction of sp³-hybridized carbons (Fsp3) is 0.267. The van der Waals surface area contributed by atoms with Crippen LogP contribution in [0.4, 0.5) is 5.82 Å².